The Hall–Kier alpha value is -1.35. The van der Waals surface area contributed by atoms with Crippen LogP contribution in [-0.4, -0.2) is 18.3 Å². The lowest BCUT2D eigenvalue weighted by Crippen LogP contribution is -2.05. The molecule has 0 spiro atoms. The molecule has 110 valence electrons. The molecule has 1 unspecified atom stereocenters. The summed E-state index contributed by atoms with van der Waals surface area (Å²) < 4.78 is 18.8. The Labute approximate surface area is 120 Å². The van der Waals surface area contributed by atoms with Crippen molar-refractivity contribution in [3.8, 4) is 5.75 Å². The minimum atomic E-state index is -0.499. The van der Waals surface area contributed by atoms with Crippen LogP contribution in [0, 0.1) is 11.7 Å². The van der Waals surface area contributed by atoms with E-state index in [1.807, 2.05) is 0 Å². The van der Waals surface area contributed by atoms with Gasteiger partial charge in [0.2, 0.25) is 0 Å². The van der Waals surface area contributed by atoms with Gasteiger partial charge in [-0.25, -0.2) is 4.39 Å². The van der Waals surface area contributed by atoms with Crippen LogP contribution in [0.25, 0.3) is 6.08 Å². The van der Waals surface area contributed by atoms with Crippen LogP contribution in [0.1, 0.15) is 44.1 Å². The van der Waals surface area contributed by atoms with Gasteiger partial charge >= 0.3 is 0 Å². The molecule has 3 heteroatoms. The van der Waals surface area contributed by atoms with Gasteiger partial charge in [-0.05, 0) is 24.8 Å². The van der Waals surface area contributed by atoms with Crippen LogP contribution in [-0.2, 0) is 0 Å². The van der Waals surface area contributed by atoms with E-state index in [0.717, 1.165) is 18.8 Å². The standard InChI is InChI=1S/C17H23FO2/c1-20-16-8-4-7-14(17(16)18)10-12-15(19)11-9-13-5-2-3-6-13/h4,7-8,10,12-13,15,19H,2-3,5-6,9,11H2,1H3/b12-10+. The van der Waals surface area contributed by atoms with E-state index in [0.29, 0.717) is 5.56 Å². The summed E-state index contributed by atoms with van der Waals surface area (Å²) in [5.41, 5.74) is 0.448. The first-order chi connectivity index (χ1) is 9.70. The van der Waals surface area contributed by atoms with Crippen molar-refractivity contribution >= 4 is 6.08 Å². The van der Waals surface area contributed by atoms with Gasteiger partial charge in [0.25, 0.3) is 0 Å². The normalized spacial score (nSPS) is 17.8. The Morgan fingerprint density at radius 3 is 2.85 bits per heavy atom. The lowest BCUT2D eigenvalue weighted by atomic mass is 9.99. The van der Waals surface area contributed by atoms with Crippen LogP contribution < -0.4 is 4.74 Å². The third-order valence-corrected chi connectivity index (χ3v) is 4.06. The molecule has 0 saturated heterocycles. The molecule has 0 bridgehead atoms. The van der Waals surface area contributed by atoms with Crippen LogP contribution in [0.3, 0.4) is 0 Å². The van der Waals surface area contributed by atoms with Crippen molar-refractivity contribution in [1.29, 1.82) is 0 Å². The van der Waals surface area contributed by atoms with E-state index in [2.05, 4.69) is 0 Å². The number of aliphatic hydroxyl groups is 1. The quantitative estimate of drug-likeness (QED) is 0.846. The maximum absolute atomic E-state index is 13.9. The van der Waals surface area contributed by atoms with Crippen molar-refractivity contribution in [2.45, 2.75) is 44.6 Å². The van der Waals surface area contributed by atoms with Crippen LogP contribution in [0.5, 0.6) is 5.75 Å². The Kier molecular flexibility index (Phi) is 5.60. The molecule has 1 aliphatic carbocycles. The van der Waals surface area contributed by atoms with Crippen LogP contribution >= 0.6 is 0 Å². The fourth-order valence-corrected chi connectivity index (χ4v) is 2.83. The van der Waals surface area contributed by atoms with Crippen molar-refractivity contribution in [1.82, 2.24) is 0 Å². The first kappa shape index (κ1) is 15.0. The van der Waals surface area contributed by atoms with E-state index in [4.69, 9.17) is 4.74 Å². The van der Waals surface area contributed by atoms with Crippen LogP contribution in [0.2, 0.25) is 0 Å². The smallest absolute Gasteiger partial charge is 0.172 e. The summed E-state index contributed by atoms with van der Waals surface area (Å²) in [5, 5.41) is 9.95. The Morgan fingerprint density at radius 1 is 1.40 bits per heavy atom. The van der Waals surface area contributed by atoms with E-state index >= 15 is 0 Å². The largest absolute Gasteiger partial charge is 0.494 e. The average Bonchev–Trinajstić information content (AvgIpc) is 2.97. The maximum Gasteiger partial charge on any atom is 0.172 e. The molecular weight excluding hydrogens is 255 g/mol. The number of aliphatic hydroxyl groups excluding tert-OH is 1. The van der Waals surface area contributed by atoms with Gasteiger partial charge in [0, 0.05) is 5.56 Å². The second kappa shape index (κ2) is 7.44. The van der Waals surface area contributed by atoms with Gasteiger partial charge in [0.1, 0.15) is 0 Å². The molecule has 1 aromatic rings. The van der Waals surface area contributed by atoms with Crippen molar-refractivity contribution < 1.29 is 14.2 Å². The lowest BCUT2D eigenvalue weighted by Gasteiger charge is -2.11. The summed E-state index contributed by atoms with van der Waals surface area (Å²) in [6, 6.07) is 5.01. The highest BCUT2D eigenvalue weighted by Crippen LogP contribution is 2.29. The van der Waals surface area contributed by atoms with Gasteiger partial charge in [-0.3, -0.25) is 0 Å². The number of benzene rings is 1. The number of halogens is 1. The van der Waals surface area contributed by atoms with Crippen molar-refractivity contribution in [3.63, 3.8) is 0 Å². The van der Waals surface area contributed by atoms with E-state index in [9.17, 15) is 9.50 Å². The third-order valence-electron chi connectivity index (χ3n) is 4.06. The summed E-state index contributed by atoms with van der Waals surface area (Å²) in [7, 11) is 1.45. The minimum Gasteiger partial charge on any atom is -0.494 e. The molecular formula is C17H23FO2. The third kappa shape index (κ3) is 4.07. The zero-order valence-corrected chi connectivity index (χ0v) is 12.0. The molecule has 1 saturated carbocycles. The molecule has 0 radical (unpaired) electrons. The summed E-state index contributed by atoms with van der Waals surface area (Å²) in [6.45, 7) is 0. The van der Waals surface area contributed by atoms with Crippen LogP contribution in [0.15, 0.2) is 24.3 Å². The molecule has 2 nitrogen and oxygen atoms in total. The summed E-state index contributed by atoms with van der Waals surface area (Å²) >= 11 is 0. The first-order valence-corrected chi connectivity index (χ1v) is 7.39. The number of hydrogen-bond donors (Lipinski definition) is 1. The molecule has 0 heterocycles. The molecule has 1 aromatic carbocycles. The highest BCUT2D eigenvalue weighted by Gasteiger charge is 2.15. The molecule has 1 aliphatic rings. The van der Waals surface area contributed by atoms with Gasteiger partial charge in [-0.15, -0.1) is 0 Å². The van der Waals surface area contributed by atoms with Crippen molar-refractivity contribution in [3.05, 3.63) is 35.7 Å². The first-order valence-electron chi connectivity index (χ1n) is 7.39. The Bertz CT molecular complexity index is 450. The molecule has 1 atom stereocenters. The lowest BCUT2D eigenvalue weighted by molar-refractivity contribution is 0.201. The molecule has 0 aliphatic heterocycles. The fraction of sp³-hybridized carbons (Fsp3) is 0.529. The molecule has 20 heavy (non-hydrogen) atoms. The second-order valence-electron chi connectivity index (χ2n) is 5.52. The number of rotatable bonds is 6. The van der Waals surface area contributed by atoms with Gasteiger partial charge < -0.3 is 9.84 Å². The molecule has 1 N–H and O–H groups in total. The molecule has 0 amide bonds. The van der Waals surface area contributed by atoms with E-state index in [1.54, 1.807) is 30.4 Å². The predicted octanol–water partition coefficient (Wildman–Crippen LogP) is 4.18. The topological polar surface area (TPSA) is 29.5 Å². The zero-order valence-electron chi connectivity index (χ0n) is 12.0. The average molecular weight is 278 g/mol. The van der Waals surface area contributed by atoms with E-state index in [1.165, 1.54) is 32.8 Å². The summed E-state index contributed by atoms with van der Waals surface area (Å²) in [6.07, 6.45) is 9.86. The fourth-order valence-electron chi connectivity index (χ4n) is 2.83. The zero-order chi connectivity index (χ0) is 14.4. The second-order valence-corrected chi connectivity index (χ2v) is 5.52. The van der Waals surface area contributed by atoms with Gasteiger partial charge in [0.15, 0.2) is 11.6 Å². The minimum absolute atomic E-state index is 0.229. The van der Waals surface area contributed by atoms with E-state index < -0.39 is 6.10 Å². The molecule has 2 rings (SSSR count). The number of methoxy groups -OCH3 is 1. The highest BCUT2D eigenvalue weighted by molar-refractivity contribution is 5.53. The van der Waals surface area contributed by atoms with Crippen molar-refractivity contribution in [2.24, 2.45) is 5.92 Å². The molecule has 1 fully saturated rings. The van der Waals surface area contributed by atoms with Gasteiger partial charge in [0.05, 0.1) is 13.2 Å². The van der Waals surface area contributed by atoms with Crippen LogP contribution in [0.4, 0.5) is 4.39 Å². The highest BCUT2D eigenvalue weighted by atomic mass is 19.1. The Balaban J connectivity index is 1.88. The maximum atomic E-state index is 13.9. The predicted molar refractivity (Wildman–Crippen MR) is 79.2 cm³/mol. The van der Waals surface area contributed by atoms with Gasteiger partial charge in [-0.1, -0.05) is 50.0 Å². The number of ether oxygens (including phenoxy) is 1. The summed E-state index contributed by atoms with van der Waals surface area (Å²) in [5.74, 6) is 0.619. The van der Waals surface area contributed by atoms with Crippen molar-refractivity contribution in [2.75, 3.05) is 7.11 Å². The SMILES string of the molecule is COc1cccc(/C=C/C(O)CCC2CCCC2)c1F. The number of hydrogen-bond acceptors (Lipinski definition) is 2. The Morgan fingerprint density at radius 2 is 2.15 bits per heavy atom. The monoisotopic (exact) mass is 278 g/mol. The van der Waals surface area contributed by atoms with Gasteiger partial charge in [-0.2, -0.15) is 0 Å². The summed E-state index contributed by atoms with van der Waals surface area (Å²) in [4.78, 5) is 0. The molecule has 0 aromatic heterocycles. The van der Waals surface area contributed by atoms with E-state index in [-0.39, 0.29) is 11.6 Å².